The van der Waals surface area contributed by atoms with E-state index in [0.717, 1.165) is 30.2 Å². The van der Waals surface area contributed by atoms with Crippen LogP contribution in [0.1, 0.15) is 51.4 Å². The molecule has 0 aromatic heterocycles. The van der Waals surface area contributed by atoms with Crippen LogP contribution in [0.5, 0.6) is 0 Å². The van der Waals surface area contributed by atoms with Gasteiger partial charge in [0.15, 0.2) is 0 Å². The van der Waals surface area contributed by atoms with E-state index in [0.29, 0.717) is 5.54 Å². The van der Waals surface area contributed by atoms with Crippen molar-refractivity contribution in [2.75, 3.05) is 19.6 Å². The van der Waals surface area contributed by atoms with Crippen molar-refractivity contribution in [1.82, 2.24) is 4.90 Å². The Morgan fingerprint density at radius 1 is 1.00 bits per heavy atom. The summed E-state index contributed by atoms with van der Waals surface area (Å²) in [4.78, 5) is 2.90. The van der Waals surface area contributed by atoms with E-state index in [2.05, 4.69) is 4.90 Å². The Hall–Kier alpha value is -0.0800. The molecule has 2 heteroatoms. The van der Waals surface area contributed by atoms with Gasteiger partial charge in [-0.3, -0.25) is 4.90 Å². The highest BCUT2D eigenvalue weighted by molar-refractivity contribution is 5.08. The van der Waals surface area contributed by atoms with Crippen molar-refractivity contribution in [2.24, 2.45) is 29.4 Å². The summed E-state index contributed by atoms with van der Waals surface area (Å²) >= 11 is 0. The van der Waals surface area contributed by atoms with Crippen molar-refractivity contribution < 1.29 is 0 Å². The first-order chi connectivity index (χ1) is 8.77. The quantitative estimate of drug-likeness (QED) is 0.814. The maximum Gasteiger partial charge on any atom is 0.0217 e. The number of nitrogens with zero attached hydrogens (tertiary/aromatic N) is 1. The van der Waals surface area contributed by atoms with Gasteiger partial charge < -0.3 is 5.73 Å². The van der Waals surface area contributed by atoms with E-state index in [9.17, 15) is 0 Å². The lowest BCUT2D eigenvalue weighted by molar-refractivity contribution is -0.100. The third-order valence-electron chi connectivity index (χ3n) is 6.53. The molecule has 0 aromatic carbocycles. The molecular weight excluding hydrogens is 220 g/mol. The normalized spacial score (nSPS) is 51.8. The molecule has 0 radical (unpaired) electrons. The van der Waals surface area contributed by atoms with Crippen molar-refractivity contribution in [3.8, 4) is 0 Å². The Morgan fingerprint density at radius 2 is 1.61 bits per heavy atom. The van der Waals surface area contributed by atoms with Crippen molar-refractivity contribution in [2.45, 2.75) is 56.9 Å². The maximum absolute atomic E-state index is 5.93. The largest absolute Gasteiger partial charge is 0.330 e. The van der Waals surface area contributed by atoms with Crippen LogP contribution in [0.2, 0.25) is 0 Å². The number of rotatable bonds is 2. The van der Waals surface area contributed by atoms with Gasteiger partial charge in [0.05, 0.1) is 0 Å². The average molecular weight is 248 g/mol. The second-order valence-corrected chi connectivity index (χ2v) is 7.83. The highest BCUT2D eigenvalue weighted by Crippen LogP contribution is 2.58. The van der Waals surface area contributed by atoms with E-state index in [4.69, 9.17) is 5.73 Å². The molecule has 1 heterocycles. The summed E-state index contributed by atoms with van der Waals surface area (Å²) in [5.41, 5.74) is 6.56. The maximum atomic E-state index is 5.93. The molecule has 102 valence electrons. The van der Waals surface area contributed by atoms with Crippen LogP contribution in [0.3, 0.4) is 0 Å². The van der Waals surface area contributed by atoms with E-state index >= 15 is 0 Å². The van der Waals surface area contributed by atoms with E-state index in [1.165, 1.54) is 45.2 Å². The molecular formula is C16H28N2. The van der Waals surface area contributed by atoms with E-state index < -0.39 is 0 Å². The molecule has 1 aliphatic heterocycles. The molecule has 1 saturated heterocycles. The minimum atomic E-state index is 0.628. The minimum Gasteiger partial charge on any atom is -0.330 e. The van der Waals surface area contributed by atoms with Crippen LogP contribution in [0.25, 0.3) is 0 Å². The molecule has 2 N–H and O–H groups in total. The monoisotopic (exact) mass is 248 g/mol. The Morgan fingerprint density at radius 3 is 2.17 bits per heavy atom. The van der Waals surface area contributed by atoms with Crippen molar-refractivity contribution in [3.05, 3.63) is 0 Å². The fourth-order valence-corrected chi connectivity index (χ4v) is 6.14. The van der Waals surface area contributed by atoms with Gasteiger partial charge in [0, 0.05) is 12.1 Å². The molecule has 0 spiro atoms. The molecule has 4 bridgehead atoms. The highest BCUT2D eigenvalue weighted by atomic mass is 15.2. The summed E-state index contributed by atoms with van der Waals surface area (Å²) in [6.07, 6.45) is 12.0. The first-order valence-electron chi connectivity index (χ1n) is 8.22. The average Bonchev–Trinajstić information content (AvgIpc) is 2.37. The van der Waals surface area contributed by atoms with E-state index in [1.54, 1.807) is 19.3 Å². The molecule has 5 rings (SSSR count). The third-order valence-corrected chi connectivity index (χ3v) is 6.53. The van der Waals surface area contributed by atoms with Crippen LogP contribution < -0.4 is 5.73 Å². The minimum absolute atomic E-state index is 0.628. The highest BCUT2D eigenvalue weighted by Gasteiger charge is 2.53. The fraction of sp³-hybridized carbons (Fsp3) is 1.00. The van der Waals surface area contributed by atoms with Crippen LogP contribution in [0.15, 0.2) is 0 Å². The standard InChI is InChI=1S/C16H28N2/c17-10-12-2-1-3-18(11-12)16-7-13-4-14(8-16)6-15(5-13)9-16/h12-15H,1-11,17H2. The second kappa shape index (κ2) is 4.21. The predicted molar refractivity (Wildman–Crippen MR) is 74.3 cm³/mol. The predicted octanol–water partition coefficient (Wildman–Crippen LogP) is 2.63. The van der Waals surface area contributed by atoms with Crippen molar-refractivity contribution >= 4 is 0 Å². The summed E-state index contributed by atoms with van der Waals surface area (Å²) in [6, 6.07) is 0. The Bertz CT molecular complexity index is 290. The molecule has 4 saturated carbocycles. The number of hydrogen-bond donors (Lipinski definition) is 1. The molecule has 0 aromatic rings. The smallest absolute Gasteiger partial charge is 0.0217 e. The zero-order valence-electron chi connectivity index (χ0n) is 11.6. The van der Waals surface area contributed by atoms with E-state index in [1.807, 2.05) is 0 Å². The molecule has 2 nitrogen and oxygen atoms in total. The molecule has 0 amide bonds. The number of piperidine rings is 1. The van der Waals surface area contributed by atoms with Crippen molar-refractivity contribution in [3.63, 3.8) is 0 Å². The van der Waals surface area contributed by atoms with Crippen LogP contribution in [-0.2, 0) is 0 Å². The Balaban J connectivity index is 1.56. The van der Waals surface area contributed by atoms with Gasteiger partial charge in [0.2, 0.25) is 0 Å². The van der Waals surface area contributed by atoms with Gasteiger partial charge in [-0.15, -0.1) is 0 Å². The van der Waals surface area contributed by atoms with Gasteiger partial charge in [-0.2, -0.15) is 0 Å². The molecule has 1 atom stereocenters. The number of hydrogen-bond acceptors (Lipinski definition) is 2. The first kappa shape index (κ1) is 11.7. The summed E-state index contributed by atoms with van der Waals surface area (Å²) in [5, 5.41) is 0. The summed E-state index contributed by atoms with van der Waals surface area (Å²) in [7, 11) is 0. The van der Waals surface area contributed by atoms with Crippen LogP contribution in [0, 0.1) is 23.7 Å². The molecule has 1 unspecified atom stereocenters. The molecule has 4 aliphatic carbocycles. The van der Waals surface area contributed by atoms with Gasteiger partial charge in [0.25, 0.3) is 0 Å². The summed E-state index contributed by atoms with van der Waals surface area (Å²) in [5.74, 6) is 4.02. The van der Waals surface area contributed by atoms with Crippen LogP contribution in [-0.4, -0.2) is 30.1 Å². The van der Waals surface area contributed by atoms with Gasteiger partial charge in [0.1, 0.15) is 0 Å². The number of likely N-dealkylation sites (tertiary alicyclic amines) is 1. The van der Waals surface area contributed by atoms with Gasteiger partial charge in [-0.05, 0) is 88.1 Å². The zero-order valence-corrected chi connectivity index (χ0v) is 11.6. The van der Waals surface area contributed by atoms with Crippen molar-refractivity contribution in [1.29, 1.82) is 0 Å². The molecule has 5 fully saturated rings. The lowest BCUT2D eigenvalue weighted by Gasteiger charge is -2.61. The Kier molecular flexibility index (Phi) is 2.74. The zero-order chi connectivity index (χ0) is 12.2. The molecule has 5 aliphatic rings. The van der Waals surface area contributed by atoms with E-state index in [-0.39, 0.29) is 0 Å². The third kappa shape index (κ3) is 1.76. The van der Waals surface area contributed by atoms with Crippen LogP contribution in [0.4, 0.5) is 0 Å². The Labute approximate surface area is 111 Å². The van der Waals surface area contributed by atoms with Gasteiger partial charge >= 0.3 is 0 Å². The lowest BCUT2D eigenvalue weighted by Crippen LogP contribution is -2.62. The SMILES string of the molecule is NCC1CCCN(C23CC4CC(CC(C4)C2)C3)C1. The fourth-order valence-electron chi connectivity index (χ4n) is 6.14. The van der Waals surface area contributed by atoms with Gasteiger partial charge in [-0.25, -0.2) is 0 Å². The number of nitrogens with two attached hydrogens (primary N) is 1. The lowest BCUT2D eigenvalue weighted by atomic mass is 9.52. The summed E-state index contributed by atoms with van der Waals surface area (Å²) in [6.45, 7) is 3.58. The molecule has 18 heavy (non-hydrogen) atoms. The van der Waals surface area contributed by atoms with Gasteiger partial charge in [-0.1, -0.05) is 0 Å². The second-order valence-electron chi connectivity index (χ2n) is 7.83. The first-order valence-corrected chi connectivity index (χ1v) is 8.22. The summed E-state index contributed by atoms with van der Waals surface area (Å²) < 4.78 is 0. The van der Waals surface area contributed by atoms with Crippen LogP contribution >= 0.6 is 0 Å². The topological polar surface area (TPSA) is 29.3 Å².